The average molecular weight is 557 g/mol. The van der Waals surface area contributed by atoms with Gasteiger partial charge in [0.1, 0.15) is 17.2 Å². The van der Waals surface area contributed by atoms with E-state index in [0.29, 0.717) is 42.1 Å². The first kappa shape index (κ1) is 29.5. The SMILES string of the molecule is CCC(C)(Nc1cc(C(c2ccc(O)c(N)c2)(C(F)(F)F)C(F)(F)F)ccc1O)C(=O)c1ccc(OC)cc1. The molecule has 0 saturated heterocycles. The summed E-state index contributed by atoms with van der Waals surface area (Å²) >= 11 is 0. The van der Waals surface area contributed by atoms with Gasteiger partial charge in [-0.25, -0.2) is 0 Å². The van der Waals surface area contributed by atoms with Crippen molar-refractivity contribution in [2.24, 2.45) is 0 Å². The lowest BCUT2D eigenvalue weighted by Crippen LogP contribution is -2.54. The van der Waals surface area contributed by atoms with Crippen LogP contribution >= 0.6 is 0 Å². The first-order valence-electron chi connectivity index (χ1n) is 11.5. The van der Waals surface area contributed by atoms with Gasteiger partial charge in [0, 0.05) is 5.56 Å². The van der Waals surface area contributed by atoms with E-state index in [0.717, 1.165) is 0 Å². The number of alkyl halides is 6. The minimum Gasteiger partial charge on any atom is -0.506 e. The smallest absolute Gasteiger partial charge is 0.411 e. The van der Waals surface area contributed by atoms with Crippen molar-refractivity contribution in [2.75, 3.05) is 18.2 Å². The topological polar surface area (TPSA) is 105 Å². The number of carbonyl (C=O) groups excluding carboxylic acids is 1. The molecule has 0 saturated carbocycles. The number of rotatable bonds is 8. The van der Waals surface area contributed by atoms with E-state index >= 15 is 0 Å². The molecule has 1 atom stereocenters. The molecule has 6 nitrogen and oxygen atoms in total. The van der Waals surface area contributed by atoms with Gasteiger partial charge in [0.25, 0.3) is 0 Å². The molecule has 0 aromatic heterocycles. The van der Waals surface area contributed by atoms with Crippen LogP contribution in [-0.4, -0.2) is 41.0 Å². The van der Waals surface area contributed by atoms with Crippen molar-refractivity contribution in [3.8, 4) is 17.2 Å². The monoisotopic (exact) mass is 556 g/mol. The van der Waals surface area contributed by atoms with Gasteiger partial charge in [0.05, 0.1) is 24.0 Å². The highest BCUT2D eigenvalue weighted by Gasteiger charge is 2.72. The summed E-state index contributed by atoms with van der Waals surface area (Å²) in [6.07, 6.45) is -11.8. The summed E-state index contributed by atoms with van der Waals surface area (Å²) in [6.45, 7) is 3.00. The fraction of sp³-hybridized carbons (Fsp3) is 0.296. The van der Waals surface area contributed by atoms with E-state index in [1.165, 1.54) is 38.3 Å². The van der Waals surface area contributed by atoms with Crippen LogP contribution in [0.3, 0.4) is 0 Å². The molecule has 39 heavy (non-hydrogen) atoms. The minimum absolute atomic E-state index is 0.0553. The Bertz CT molecular complexity index is 1340. The van der Waals surface area contributed by atoms with Gasteiger partial charge in [-0.2, -0.15) is 26.3 Å². The van der Waals surface area contributed by atoms with Crippen molar-refractivity contribution in [3.63, 3.8) is 0 Å². The van der Waals surface area contributed by atoms with E-state index in [1.54, 1.807) is 6.92 Å². The zero-order valence-electron chi connectivity index (χ0n) is 21.0. The van der Waals surface area contributed by atoms with Crippen molar-refractivity contribution < 1.29 is 46.1 Å². The molecular formula is C27H26F6N2O4. The number of aromatic hydroxyl groups is 2. The largest absolute Gasteiger partial charge is 0.506 e. The summed E-state index contributed by atoms with van der Waals surface area (Å²) in [5, 5.41) is 22.7. The number of benzene rings is 3. The number of carbonyl (C=O) groups is 1. The van der Waals surface area contributed by atoms with E-state index in [-0.39, 0.29) is 12.0 Å². The molecule has 0 aliphatic carbocycles. The van der Waals surface area contributed by atoms with Crippen LogP contribution in [0.25, 0.3) is 0 Å². The number of hydrogen-bond acceptors (Lipinski definition) is 6. The molecule has 12 heteroatoms. The quantitative estimate of drug-likeness (QED) is 0.108. The Kier molecular flexibility index (Phi) is 7.73. The summed E-state index contributed by atoms with van der Waals surface area (Å²) in [4.78, 5) is 13.3. The zero-order valence-corrected chi connectivity index (χ0v) is 21.0. The first-order valence-corrected chi connectivity index (χ1v) is 11.5. The Hall–Kier alpha value is -4.09. The number of hydrogen-bond donors (Lipinski definition) is 4. The number of Topliss-reactive ketones (excluding diaryl/α,β-unsaturated/α-hetero) is 1. The van der Waals surface area contributed by atoms with E-state index in [2.05, 4.69) is 5.32 Å². The number of methoxy groups -OCH3 is 1. The fourth-order valence-electron chi connectivity index (χ4n) is 4.30. The van der Waals surface area contributed by atoms with Gasteiger partial charge in [0.15, 0.2) is 5.78 Å². The third kappa shape index (κ3) is 5.15. The second-order valence-corrected chi connectivity index (χ2v) is 9.12. The third-order valence-electron chi connectivity index (χ3n) is 6.71. The summed E-state index contributed by atoms with van der Waals surface area (Å²) in [6, 6.07) is 9.17. The van der Waals surface area contributed by atoms with Crippen LogP contribution in [0.5, 0.6) is 17.2 Å². The van der Waals surface area contributed by atoms with Gasteiger partial charge in [-0.05, 0) is 73.0 Å². The Morgan fingerprint density at radius 3 is 1.85 bits per heavy atom. The van der Waals surface area contributed by atoms with Crippen molar-refractivity contribution in [1.29, 1.82) is 0 Å². The fourth-order valence-corrected chi connectivity index (χ4v) is 4.30. The number of nitrogens with two attached hydrogens (primary N) is 1. The van der Waals surface area contributed by atoms with Crippen LogP contribution in [0.15, 0.2) is 60.7 Å². The van der Waals surface area contributed by atoms with Gasteiger partial charge < -0.3 is 26.0 Å². The van der Waals surface area contributed by atoms with Crippen molar-refractivity contribution in [1.82, 2.24) is 0 Å². The number of phenolic OH excluding ortho intramolecular Hbond substituents is 2. The molecule has 0 radical (unpaired) electrons. The third-order valence-corrected chi connectivity index (χ3v) is 6.71. The summed E-state index contributed by atoms with van der Waals surface area (Å²) < 4.78 is 92.4. The molecule has 0 spiro atoms. The molecule has 1 unspecified atom stereocenters. The van der Waals surface area contributed by atoms with Crippen LogP contribution < -0.4 is 15.8 Å². The average Bonchev–Trinajstić information content (AvgIpc) is 2.86. The van der Waals surface area contributed by atoms with Crippen molar-refractivity contribution >= 4 is 17.2 Å². The Labute approximate surface area is 220 Å². The number of nitrogen functional groups attached to an aromatic ring is 1. The first-order chi connectivity index (χ1) is 18.0. The molecule has 3 rings (SSSR count). The maximum Gasteiger partial charge on any atom is 0.411 e. The predicted octanol–water partition coefficient (Wildman–Crippen LogP) is 6.56. The van der Waals surface area contributed by atoms with Crippen LogP contribution in [-0.2, 0) is 5.41 Å². The molecule has 0 aliphatic rings. The summed E-state index contributed by atoms with van der Waals surface area (Å²) in [5.41, 5.74) is -4.26. The van der Waals surface area contributed by atoms with Gasteiger partial charge in [0.2, 0.25) is 5.41 Å². The van der Waals surface area contributed by atoms with Crippen LogP contribution in [0.4, 0.5) is 37.7 Å². The van der Waals surface area contributed by atoms with Crippen LogP contribution in [0.2, 0.25) is 0 Å². The molecule has 5 N–H and O–H groups in total. The lowest BCUT2D eigenvalue weighted by molar-refractivity contribution is -0.288. The Morgan fingerprint density at radius 2 is 1.38 bits per heavy atom. The van der Waals surface area contributed by atoms with E-state index in [9.17, 15) is 41.4 Å². The number of anilines is 2. The summed E-state index contributed by atoms with van der Waals surface area (Å²) in [5.74, 6) is -1.43. The van der Waals surface area contributed by atoms with Gasteiger partial charge in [-0.3, -0.25) is 4.79 Å². The standard InChI is InChI=1S/C27H26F6N2O4/c1-4-24(2,23(38)15-5-9-18(39-3)10-6-15)35-20-14-17(8-12-22(20)37)25(26(28,29)30,27(31,32)33)16-7-11-21(36)19(34)13-16/h5-14,35-37H,4,34H2,1-3H3. The normalized spacial score (nSPS) is 14.0. The number of phenols is 2. The molecule has 0 aliphatic heterocycles. The van der Waals surface area contributed by atoms with Gasteiger partial charge in [-0.15, -0.1) is 0 Å². The Balaban J connectivity index is 2.21. The highest BCUT2D eigenvalue weighted by atomic mass is 19.4. The second kappa shape index (κ2) is 10.2. The zero-order chi connectivity index (χ0) is 29.4. The van der Waals surface area contributed by atoms with Crippen LogP contribution in [0.1, 0.15) is 41.8 Å². The highest BCUT2D eigenvalue weighted by Crippen LogP contribution is 2.57. The second-order valence-electron chi connectivity index (χ2n) is 9.12. The van der Waals surface area contributed by atoms with Crippen molar-refractivity contribution in [3.05, 3.63) is 77.4 Å². The molecule has 3 aromatic carbocycles. The molecule has 0 fully saturated rings. The van der Waals surface area contributed by atoms with E-state index < -0.39 is 63.1 Å². The number of ketones is 1. The van der Waals surface area contributed by atoms with Crippen molar-refractivity contribution in [2.45, 2.75) is 43.6 Å². The van der Waals surface area contributed by atoms with E-state index in [1.807, 2.05) is 0 Å². The van der Waals surface area contributed by atoms with E-state index in [4.69, 9.17) is 10.5 Å². The Morgan fingerprint density at radius 1 is 0.872 bits per heavy atom. The molecule has 0 bridgehead atoms. The maximum absolute atomic E-state index is 14.6. The number of ether oxygens (including phenoxy) is 1. The molecule has 210 valence electrons. The number of halogens is 6. The molecule has 3 aromatic rings. The molecule has 0 heterocycles. The predicted molar refractivity (Wildman–Crippen MR) is 133 cm³/mol. The minimum atomic E-state index is -5.93. The van der Waals surface area contributed by atoms with Crippen LogP contribution in [0, 0.1) is 0 Å². The lowest BCUT2D eigenvalue weighted by Gasteiger charge is -2.39. The highest BCUT2D eigenvalue weighted by molar-refractivity contribution is 6.05. The maximum atomic E-state index is 14.6. The van der Waals surface area contributed by atoms with Gasteiger partial charge >= 0.3 is 12.4 Å². The number of nitrogens with one attached hydrogen (secondary N) is 1. The molecule has 0 amide bonds. The lowest BCUT2D eigenvalue weighted by atomic mass is 9.72. The summed E-state index contributed by atoms with van der Waals surface area (Å²) in [7, 11) is 1.43. The molecular weight excluding hydrogens is 530 g/mol. The van der Waals surface area contributed by atoms with Gasteiger partial charge in [-0.1, -0.05) is 19.1 Å².